The molecule has 7 heteroatoms. The Morgan fingerprint density at radius 1 is 1.00 bits per heavy atom. The van der Waals surface area contributed by atoms with Gasteiger partial charge in [-0.2, -0.15) is 4.98 Å². The third kappa shape index (κ3) is 5.98. The van der Waals surface area contributed by atoms with E-state index in [1.807, 2.05) is 24.3 Å². The number of anilines is 3. The highest BCUT2D eigenvalue weighted by Gasteiger charge is 2.11. The molecule has 152 valence electrons. The molecular formula is C22H27BrN6. The minimum atomic E-state index is 0.599. The van der Waals surface area contributed by atoms with Crippen LogP contribution < -0.4 is 10.6 Å². The predicted molar refractivity (Wildman–Crippen MR) is 124 cm³/mol. The lowest BCUT2D eigenvalue weighted by Gasteiger charge is -2.15. The van der Waals surface area contributed by atoms with Gasteiger partial charge in [0.15, 0.2) is 0 Å². The van der Waals surface area contributed by atoms with Gasteiger partial charge in [0.2, 0.25) is 5.95 Å². The van der Waals surface area contributed by atoms with Gasteiger partial charge >= 0.3 is 0 Å². The van der Waals surface area contributed by atoms with Crippen molar-refractivity contribution in [1.82, 2.24) is 19.9 Å². The minimum absolute atomic E-state index is 0.599. The SMILES string of the molecule is Cc1cc(Br)cc(C)c1Nc1cc(-c2ccccn2)nc(NCCCN(C)C)n1. The van der Waals surface area contributed by atoms with E-state index in [0.29, 0.717) is 5.95 Å². The van der Waals surface area contributed by atoms with Crippen LogP contribution in [0.2, 0.25) is 0 Å². The highest BCUT2D eigenvalue weighted by Crippen LogP contribution is 2.29. The van der Waals surface area contributed by atoms with Gasteiger partial charge in [-0.3, -0.25) is 4.98 Å². The van der Waals surface area contributed by atoms with E-state index in [2.05, 4.69) is 86.5 Å². The van der Waals surface area contributed by atoms with E-state index in [1.165, 1.54) is 0 Å². The first-order valence-electron chi connectivity index (χ1n) is 9.65. The number of hydrogen-bond donors (Lipinski definition) is 2. The van der Waals surface area contributed by atoms with E-state index in [-0.39, 0.29) is 0 Å². The Morgan fingerprint density at radius 3 is 2.41 bits per heavy atom. The van der Waals surface area contributed by atoms with Crippen LogP contribution in [0.15, 0.2) is 47.1 Å². The Balaban J connectivity index is 1.90. The molecule has 0 bridgehead atoms. The van der Waals surface area contributed by atoms with Crippen molar-refractivity contribution in [1.29, 1.82) is 0 Å². The van der Waals surface area contributed by atoms with Gasteiger partial charge in [-0.1, -0.05) is 22.0 Å². The summed E-state index contributed by atoms with van der Waals surface area (Å²) in [4.78, 5) is 16.0. The maximum atomic E-state index is 4.69. The molecule has 0 saturated heterocycles. The van der Waals surface area contributed by atoms with E-state index in [4.69, 9.17) is 0 Å². The molecule has 29 heavy (non-hydrogen) atoms. The Hall–Kier alpha value is -2.51. The highest BCUT2D eigenvalue weighted by molar-refractivity contribution is 9.10. The van der Waals surface area contributed by atoms with Crippen molar-refractivity contribution < 1.29 is 0 Å². The molecule has 0 fully saturated rings. The summed E-state index contributed by atoms with van der Waals surface area (Å²) in [5.41, 5.74) is 4.95. The molecule has 0 aliphatic carbocycles. The molecule has 3 aromatic rings. The third-order valence-electron chi connectivity index (χ3n) is 4.47. The first kappa shape index (κ1) is 21.2. The van der Waals surface area contributed by atoms with Crippen LogP contribution in [0.3, 0.4) is 0 Å². The van der Waals surface area contributed by atoms with Crippen LogP contribution >= 0.6 is 15.9 Å². The molecule has 2 heterocycles. The highest BCUT2D eigenvalue weighted by atomic mass is 79.9. The van der Waals surface area contributed by atoms with E-state index in [9.17, 15) is 0 Å². The van der Waals surface area contributed by atoms with Crippen molar-refractivity contribution in [3.05, 3.63) is 58.2 Å². The Kier molecular flexibility index (Phi) is 7.17. The number of aromatic nitrogens is 3. The molecule has 0 atom stereocenters. The van der Waals surface area contributed by atoms with Gasteiger partial charge in [-0.15, -0.1) is 0 Å². The fraction of sp³-hybridized carbons (Fsp3) is 0.318. The summed E-state index contributed by atoms with van der Waals surface area (Å²) in [7, 11) is 4.15. The summed E-state index contributed by atoms with van der Waals surface area (Å²) in [6, 6.07) is 11.9. The van der Waals surface area contributed by atoms with Crippen molar-refractivity contribution in [2.75, 3.05) is 37.8 Å². The van der Waals surface area contributed by atoms with Gasteiger partial charge in [0.25, 0.3) is 0 Å². The second kappa shape index (κ2) is 9.80. The number of benzene rings is 1. The number of rotatable bonds is 8. The fourth-order valence-electron chi connectivity index (χ4n) is 3.07. The predicted octanol–water partition coefficient (Wildman–Crippen LogP) is 5.03. The van der Waals surface area contributed by atoms with Gasteiger partial charge in [0.05, 0.1) is 11.4 Å². The van der Waals surface area contributed by atoms with Crippen LogP contribution in [0.1, 0.15) is 17.5 Å². The molecule has 2 N–H and O–H groups in total. The molecule has 0 radical (unpaired) electrons. The zero-order valence-corrected chi connectivity index (χ0v) is 18.9. The van der Waals surface area contributed by atoms with Crippen molar-refractivity contribution >= 4 is 33.4 Å². The smallest absolute Gasteiger partial charge is 0.225 e. The van der Waals surface area contributed by atoms with Crippen LogP contribution in [-0.2, 0) is 0 Å². The second-order valence-electron chi connectivity index (χ2n) is 7.30. The first-order valence-corrected chi connectivity index (χ1v) is 10.4. The number of nitrogens with one attached hydrogen (secondary N) is 2. The van der Waals surface area contributed by atoms with E-state index in [0.717, 1.165) is 58.0 Å². The standard InChI is InChI=1S/C22H27BrN6/c1-15-12-17(23)13-16(2)21(15)27-20-14-19(18-8-5-6-9-24-18)26-22(28-20)25-10-7-11-29(3)4/h5-6,8-9,12-14H,7,10-11H2,1-4H3,(H2,25,26,27,28). The van der Waals surface area contributed by atoms with Crippen LogP contribution in [-0.4, -0.2) is 47.0 Å². The number of halogens is 1. The second-order valence-corrected chi connectivity index (χ2v) is 8.22. The number of aryl methyl sites for hydroxylation is 2. The number of nitrogens with zero attached hydrogens (tertiary/aromatic N) is 4. The summed E-state index contributed by atoms with van der Waals surface area (Å²) in [6.07, 6.45) is 2.79. The zero-order chi connectivity index (χ0) is 20.8. The van der Waals surface area contributed by atoms with Gasteiger partial charge in [0, 0.05) is 29.0 Å². The maximum Gasteiger partial charge on any atom is 0.225 e. The van der Waals surface area contributed by atoms with Crippen molar-refractivity contribution in [3.63, 3.8) is 0 Å². The van der Waals surface area contributed by atoms with Crippen molar-refractivity contribution in [2.45, 2.75) is 20.3 Å². The molecule has 3 rings (SSSR count). The third-order valence-corrected chi connectivity index (χ3v) is 4.93. The molecule has 6 nitrogen and oxygen atoms in total. The van der Waals surface area contributed by atoms with Gasteiger partial charge < -0.3 is 15.5 Å². The molecule has 0 aliphatic rings. The largest absolute Gasteiger partial charge is 0.354 e. The van der Waals surface area contributed by atoms with E-state index >= 15 is 0 Å². The summed E-state index contributed by atoms with van der Waals surface area (Å²) in [5.74, 6) is 1.34. The average Bonchev–Trinajstić information content (AvgIpc) is 2.68. The van der Waals surface area contributed by atoms with Crippen LogP contribution in [0.5, 0.6) is 0 Å². The quantitative estimate of drug-likeness (QED) is 0.465. The fourth-order valence-corrected chi connectivity index (χ4v) is 3.75. The molecule has 0 aliphatic heterocycles. The normalized spacial score (nSPS) is 11.0. The van der Waals surface area contributed by atoms with E-state index in [1.54, 1.807) is 6.20 Å². The molecule has 0 spiro atoms. The molecule has 2 aromatic heterocycles. The van der Waals surface area contributed by atoms with Crippen LogP contribution in [0, 0.1) is 13.8 Å². The maximum absolute atomic E-state index is 4.69. The number of hydrogen-bond acceptors (Lipinski definition) is 6. The summed E-state index contributed by atoms with van der Waals surface area (Å²) < 4.78 is 1.07. The van der Waals surface area contributed by atoms with Crippen LogP contribution in [0.4, 0.5) is 17.5 Å². The lowest BCUT2D eigenvalue weighted by molar-refractivity contribution is 0.405. The Labute approximate surface area is 180 Å². The minimum Gasteiger partial charge on any atom is -0.354 e. The van der Waals surface area contributed by atoms with Crippen LogP contribution in [0.25, 0.3) is 11.4 Å². The Bertz CT molecular complexity index is 936. The molecule has 0 unspecified atom stereocenters. The lowest BCUT2D eigenvalue weighted by Crippen LogP contribution is -2.17. The van der Waals surface area contributed by atoms with Gasteiger partial charge in [-0.25, -0.2) is 4.98 Å². The monoisotopic (exact) mass is 454 g/mol. The first-order chi connectivity index (χ1) is 13.9. The Morgan fingerprint density at radius 2 is 1.76 bits per heavy atom. The summed E-state index contributed by atoms with van der Waals surface area (Å²) >= 11 is 3.56. The van der Waals surface area contributed by atoms with Crippen molar-refractivity contribution in [3.8, 4) is 11.4 Å². The topological polar surface area (TPSA) is 66.0 Å². The lowest BCUT2D eigenvalue weighted by atomic mass is 10.1. The number of pyridine rings is 1. The molecular weight excluding hydrogens is 428 g/mol. The summed E-state index contributed by atoms with van der Waals surface area (Å²) in [5, 5.41) is 6.83. The van der Waals surface area contributed by atoms with Gasteiger partial charge in [0.1, 0.15) is 5.82 Å². The average molecular weight is 455 g/mol. The summed E-state index contributed by atoms with van der Waals surface area (Å²) in [6.45, 7) is 5.98. The van der Waals surface area contributed by atoms with E-state index < -0.39 is 0 Å². The molecule has 0 amide bonds. The molecule has 0 saturated carbocycles. The molecule has 1 aromatic carbocycles. The van der Waals surface area contributed by atoms with Gasteiger partial charge in [-0.05, 0) is 76.3 Å². The van der Waals surface area contributed by atoms with Crippen molar-refractivity contribution in [2.24, 2.45) is 0 Å². The zero-order valence-electron chi connectivity index (χ0n) is 17.3.